The molecular weight excluding hydrogens is 148 g/mol. The molecule has 0 rings (SSSR count). The van der Waals surface area contributed by atoms with E-state index in [4.69, 9.17) is 11.6 Å². The van der Waals surface area contributed by atoms with Gasteiger partial charge in [-0.2, -0.15) is 0 Å². The van der Waals surface area contributed by atoms with Crippen molar-refractivity contribution in [2.45, 2.75) is 6.92 Å². The lowest BCUT2D eigenvalue weighted by atomic mass is 10.4. The summed E-state index contributed by atoms with van der Waals surface area (Å²) in [5.41, 5.74) is 1.80. The summed E-state index contributed by atoms with van der Waals surface area (Å²) in [7, 11) is 0. The molecule has 0 aromatic rings. The van der Waals surface area contributed by atoms with Crippen molar-refractivity contribution in [1.82, 2.24) is 0 Å². The molecule has 0 spiro atoms. The van der Waals surface area contributed by atoms with E-state index in [2.05, 4.69) is 16.6 Å². The molecule has 0 unspecified atom stereocenters. The van der Waals surface area contributed by atoms with Crippen molar-refractivity contribution >= 4 is 23.6 Å². The monoisotopic (exact) mass is 156 g/mol. The van der Waals surface area contributed by atoms with Crippen molar-refractivity contribution in [3.63, 3.8) is 0 Å². The first kappa shape index (κ1) is 9.11. The van der Waals surface area contributed by atoms with Gasteiger partial charge in [0.25, 0.3) is 0 Å². The zero-order chi connectivity index (χ0) is 7.82. The summed E-state index contributed by atoms with van der Waals surface area (Å²) < 4.78 is 0. The van der Waals surface area contributed by atoms with E-state index < -0.39 is 0 Å². The van der Waals surface area contributed by atoms with Crippen LogP contribution >= 0.6 is 11.6 Å². The minimum atomic E-state index is 0.657. The molecule has 0 aromatic heterocycles. The average molecular weight is 157 g/mol. The molecule has 0 atom stereocenters. The van der Waals surface area contributed by atoms with E-state index in [1.807, 2.05) is 13.0 Å². The van der Waals surface area contributed by atoms with Crippen molar-refractivity contribution in [2.75, 3.05) is 0 Å². The third-order valence-corrected chi connectivity index (χ3v) is 0.818. The fourth-order valence-electron chi connectivity index (χ4n) is 0.368. The largest absolute Gasteiger partial charge is 0.238 e. The maximum atomic E-state index is 5.13. The van der Waals surface area contributed by atoms with Gasteiger partial charge in [-0.1, -0.05) is 24.3 Å². The van der Waals surface area contributed by atoms with Crippen molar-refractivity contribution in [2.24, 2.45) is 9.98 Å². The zero-order valence-corrected chi connectivity index (χ0v) is 6.54. The Labute approximate surface area is 65.6 Å². The summed E-state index contributed by atoms with van der Waals surface area (Å²) >= 11 is 5.13. The van der Waals surface area contributed by atoms with Gasteiger partial charge in [0.1, 0.15) is 6.34 Å². The van der Waals surface area contributed by atoms with Gasteiger partial charge < -0.3 is 0 Å². The second kappa shape index (κ2) is 6.23. The molecule has 0 aliphatic rings. The Morgan fingerprint density at radius 1 is 1.60 bits per heavy atom. The number of allylic oxidation sites excluding steroid dienone is 2. The second-order valence-corrected chi connectivity index (χ2v) is 1.68. The van der Waals surface area contributed by atoms with E-state index in [0.717, 1.165) is 5.67 Å². The highest BCUT2D eigenvalue weighted by Gasteiger charge is 1.74. The van der Waals surface area contributed by atoms with Crippen LogP contribution in [0, 0.1) is 0 Å². The highest BCUT2D eigenvalue weighted by atomic mass is 35.5. The Morgan fingerprint density at radius 2 is 2.30 bits per heavy atom. The van der Waals surface area contributed by atoms with Gasteiger partial charge in [0, 0.05) is 0 Å². The van der Waals surface area contributed by atoms with Crippen molar-refractivity contribution in [1.29, 1.82) is 0 Å². The van der Waals surface area contributed by atoms with Gasteiger partial charge in [0.2, 0.25) is 0 Å². The van der Waals surface area contributed by atoms with Crippen LogP contribution in [0.3, 0.4) is 0 Å². The van der Waals surface area contributed by atoms with Crippen molar-refractivity contribution in [3.05, 3.63) is 24.4 Å². The summed E-state index contributed by atoms with van der Waals surface area (Å²) in [5, 5.41) is 0. The first-order valence-electron chi connectivity index (χ1n) is 2.77. The van der Waals surface area contributed by atoms with Crippen molar-refractivity contribution in [3.8, 4) is 0 Å². The Bertz CT molecular complexity index is 180. The number of halogens is 1. The molecule has 2 nitrogen and oxygen atoms in total. The molecule has 0 amide bonds. The van der Waals surface area contributed by atoms with Gasteiger partial charge in [-0.15, -0.1) is 0 Å². The first-order valence-corrected chi connectivity index (χ1v) is 3.21. The highest BCUT2D eigenvalue weighted by Crippen LogP contribution is 1.92. The van der Waals surface area contributed by atoms with Gasteiger partial charge in [-0.25, -0.2) is 9.98 Å². The first-order chi connectivity index (χ1) is 4.81. The van der Waals surface area contributed by atoms with Crippen LogP contribution in [0.5, 0.6) is 0 Å². The molecule has 0 saturated heterocycles. The molecule has 3 heteroatoms. The molecule has 0 aliphatic carbocycles. The maximum absolute atomic E-state index is 5.13. The minimum Gasteiger partial charge on any atom is -0.238 e. The van der Waals surface area contributed by atoms with Crippen molar-refractivity contribution < 1.29 is 0 Å². The Hall–Kier alpha value is -0.890. The molecule has 0 heterocycles. The summed E-state index contributed by atoms with van der Waals surface area (Å²) in [5.74, 6) is 0. The van der Waals surface area contributed by atoms with Gasteiger partial charge in [0.05, 0.1) is 11.4 Å². The Balaban J connectivity index is 3.78. The summed E-state index contributed by atoms with van der Waals surface area (Å²) in [6.45, 7) is 5.51. The molecule has 0 fully saturated rings. The van der Waals surface area contributed by atoms with Crippen LogP contribution in [0.1, 0.15) is 6.92 Å². The quantitative estimate of drug-likeness (QED) is 0.341. The van der Waals surface area contributed by atoms with Crippen LogP contribution in [-0.4, -0.2) is 12.0 Å². The third-order valence-electron chi connectivity index (χ3n) is 0.706. The lowest BCUT2D eigenvalue weighted by molar-refractivity contribution is 1.42. The van der Waals surface area contributed by atoms with E-state index in [1.165, 1.54) is 6.34 Å². The molecule has 0 radical (unpaired) electrons. The van der Waals surface area contributed by atoms with Gasteiger partial charge in [0.15, 0.2) is 0 Å². The number of nitrogens with zero attached hydrogens (tertiary/aromatic N) is 2. The van der Waals surface area contributed by atoms with E-state index in [9.17, 15) is 0 Å². The van der Waals surface area contributed by atoms with E-state index in [1.54, 1.807) is 6.08 Å². The van der Waals surface area contributed by atoms with Gasteiger partial charge >= 0.3 is 0 Å². The summed E-state index contributed by atoms with van der Waals surface area (Å²) in [6, 6.07) is 0. The molecule has 0 aliphatic heterocycles. The summed E-state index contributed by atoms with van der Waals surface area (Å²) in [4.78, 5) is 7.36. The molecule has 0 saturated carbocycles. The molecule has 0 bridgehead atoms. The Kier molecular flexibility index (Phi) is 5.68. The normalized spacial score (nSPS) is 12.2. The van der Waals surface area contributed by atoms with E-state index in [-0.39, 0.29) is 0 Å². The lowest BCUT2D eigenvalue weighted by Crippen LogP contribution is -1.69. The van der Waals surface area contributed by atoms with Crippen LogP contribution in [0.25, 0.3) is 0 Å². The minimum absolute atomic E-state index is 0.657. The number of rotatable bonds is 3. The molecule has 10 heavy (non-hydrogen) atoms. The second-order valence-electron chi connectivity index (χ2n) is 1.48. The number of hydrogen-bond donors (Lipinski definition) is 0. The molecule has 0 N–H and O–H groups in total. The number of hydrogen-bond acceptors (Lipinski definition) is 1. The van der Waals surface area contributed by atoms with Crippen LogP contribution in [0.15, 0.2) is 34.4 Å². The van der Waals surface area contributed by atoms with Crippen LogP contribution in [-0.2, 0) is 0 Å². The fourth-order valence-corrected chi connectivity index (χ4v) is 0.419. The maximum Gasteiger partial charge on any atom is 0.117 e. The lowest BCUT2D eigenvalue weighted by Gasteiger charge is -1.83. The van der Waals surface area contributed by atoms with Crippen LogP contribution in [0.2, 0.25) is 0 Å². The summed E-state index contributed by atoms with van der Waals surface area (Å²) in [6.07, 6.45) is 4.97. The SMILES string of the molecule is C=C(/C=C\C)/N=C\N=C/Cl. The number of aliphatic imine (C=N–C) groups is 2. The molecular formula is C7H9ClN2. The smallest absolute Gasteiger partial charge is 0.117 e. The van der Waals surface area contributed by atoms with E-state index in [0.29, 0.717) is 5.70 Å². The predicted octanol–water partition coefficient (Wildman–Crippen LogP) is 2.37. The molecule has 54 valence electrons. The van der Waals surface area contributed by atoms with Gasteiger partial charge in [-0.05, 0) is 13.0 Å². The Morgan fingerprint density at radius 3 is 2.80 bits per heavy atom. The standard InChI is InChI=1S/C7H9ClN2/c1-3-4-7(2)10-6-9-5-8/h3-6H,2H2,1H3/b4-3-,9-5-,10-6-. The predicted molar refractivity (Wildman–Crippen MR) is 46.8 cm³/mol. The topological polar surface area (TPSA) is 24.7 Å². The molecule has 0 aromatic carbocycles. The average Bonchev–Trinajstić information content (AvgIpc) is 1.89. The van der Waals surface area contributed by atoms with Crippen LogP contribution in [0.4, 0.5) is 0 Å². The highest BCUT2D eigenvalue weighted by molar-refractivity contribution is 6.56. The zero-order valence-electron chi connectivity index (χ0n) is 5.79. The third kappa shape index (κ3) is 5.25. The fraction of sp³-hybridized carbons (Fsp3) is 0.143. The van der Waals surface area contributed by atoms with Gasteiger partial charge in [-0.3, -0.25) is 0 Å². The van der Waals surface area contributed by atoms with E-state index >= 15 is 0 Å². The van der Waals surface area contributed by atoms with Crippen LogP contribution < -0.4 is 0 Å².